The maximum atomic E-state index is 14.0. The van der Waals surface area contributed by atoms with E-state index in [0.29, 0.717) is 76.0 Å². The van der Waals surface area contributed by atoms with Gasteiger partial charge in [-0.2, -0.15) is 0 Å². The van der Waals surface area contributed by atoms with Gasteiger partial charge in [0.05, 0.1) is 68.1 Å². The molecule has 0 saturated carbocycles. The number of halogens is 3. The van der Waals surface area contributed by atoms with Crippen molar-refractivity contribution < 1.29 is 56.0 Å². The molecule has 0 fully saturated rings. The van der Waals surface area contributed by atoms with Crippen molar-refractivity contribution >= 4 is 64.3 Å². The molecule has 4 heterocycles. The Hall–Kier alpha value is -7.67. The van der Waals surface area contributed by atoms with Crippen LogP contribution in [0.15, 0.2) is 95.2 Å². The van der Waals surface area contributed by atoms with Crippen molar-refractivity contribution in [1.29, 1.82) is 0 Å². The lowest BCUT2D eigenvalue weighted by Crippen LogP contribution is -2.50. The molecule has 19 heteroatoms. The van der Waals surface area contributed by atoms with Crippen molar-refractivity contribution in [3.05, 3.63) is 107 Å². The third-order valence-corrected chi connectivity index (χ3v) is 12.0. The van der Waals surface area contributed by atoms with E-state index in [4.69, 9.17) is 24.7 Å². The summed E-state index contributed by atoms with van der Waals surface area (Å²) >= 11 is 0. The summed E-state index contributed by atoms with van der Waals surface area (Å²) < 4.78 is 65.4. The highest BCUT2D eigenvalue weighted by Crippen LogP contribution is 2.42. The average molecular weight is 950 g/mol. The van der Waals surface area contributed by atoms with E-state index < -0.39 is 30.4 Å². The number of alkyl halides is 3. The summed E-state index contributed by atoms with van der Waals surface area (Å²) in [5.41, 5.74) is 11.1. The highest BCUT2D eigenvalue weighted by Gasteiger charge is 2.36. The third kappa shape index (κ3) is 10.6. The van der Waals surface area contributed by atoms with Crippen molar-refractivity contribution in [3.8, 4) is 28.7 Å². The van der Waals surface area contributed by atoms with Gasteiger partial charge in [-0.05, 0) is 71.5 Å². The monoisotopic (exact) mass is 949 g/mol. The minimum Gasteiger partial charge on any atom is -0.493 e. The van der Waals surface area contributed by atoms with Crippen LogP contribution in [0.1, 0.15) is 71.9 Å². The highest BCUT2D eigenvalue weighted by molar-refractivity contribution is 6.06. The maximum absolute atomic E-state index is 14.0. The zero-order chi connectivity index (χ0) is 49.1. The number of nitrogens with zero attached hydrogens (tertiary/aromatic N) is 4. The average Bonchev–Trinajstić information content (AvgIpc) is 3.91. The summed E-state index contributed by atoms with van der Waals surface area (Å²) in [6.07, 6.45) is 3.42. The van der Waals surface area contributed by atoms with Crippen molar-refractivity contribution in [3.63, 3.8) is 0 Å². The van der Waals surface area contributed by atoms with E-state index in [9.17, 15) is 32.3 Å². The molecular weight excluding hydrogens is 900 g/mol. The number of hydrogen-bond donors (Lipinski definition) is 3. The van der Waals surface area contributed by atoms with Crippen molar-refractivity contribution in [1.82, 2.24) is 15.1 Å². The van der Waals surface area contributed by atoms with E-state index in [1.54, 1.807) is 71.8 Å². The molecule has 360 valence electrons. The lowest BCUT2D eigenvalue weighted by molar-refractivity contribution is -0.274. The van der Waals surface area contributed by atoms with Crippen LogP contribution in [0.2, 0.25) is 0 Å². The molecule has 0 radical (unpaired) electrons. The zero-order valence-electron chi connectivity index (χ0n) is 38.3. The van der Waals surface area contributed by atoms with Gasteiger partial charge in [-0.3, -0.25) is 29.2 Å². The Morgan fingerprint density at radius 2 is 1.20 bits per heavy atom. The standard InChI is InChI=1S/C50H50F3N7O9/c1-27(2)45(54)47(62)57-28(3)46(61)58-33-11-7-29(8-12-33)31-17-34-23-55-39-21-43(41(65-4)19-37(39)48(63)59(34)25-31)67-15-6-16-68-44-22-40-38(20-42(44)66-5)49(64)60-26-32(18-35(60)24-56-40)30-9-13-36(14-10-30)69-50(51,52)53/h7-14,19-28,34-35,45H,6,15-18,54H2,1-5H3,(H,57,62)(H,58,61)/t28?,34-,35-,45?/m0/s1. The van der Waals surface area contributed by atoms with Gasteiger partial charge in [0.25, 0.3) is 11.8 Å². The lowest BCUT2D eigenvalue weighted by Gasteiger charge is -2.19. The molecule has 2 unspecified atom stereocenters. The molecule has 0 saturated heterocycles. The number of carbonyl (C=O) groups excluding carboxylic acids is 4. The number of ether oxygens (including phenoxy) is 5. The largest absolute Gasteiger partial charge is 0.573 e. The van der Waals surface area contributed by atoms with E-state index in [-0.39, 0.29) is 48.6 Å². The topological polar surface area (TPSA) is 196 Å². The normalized spacial score (nSPS) is 17.9. The number of aliphatic imine (C=N–C) groups is 2. The van der Waals surface area contributed by atoms with Gasteiger partial charge in [-0.25, -0.2) is 0 Å². The van der Waals surface area contributed by atoms with E-state index in [1.807, 2.05) is 32.2 Å². The van der Waals surface area contributed by atoms with Crippen molar-refractivity contribution in [2.75, 3.05) is 32.8 Å². The number of methoxy groups -OCH3 is 2. The molecule has 4 aliphatic rings. The fourth-order valence-corrected chi connectivity index (χ4v) is 8.13. The number of nitrogens with one attached hydrogen (secondary N) is 2. The number of rotatable bonds is 16. The molecule has 4 N–H and O–H groups in total. The van der Waals surface area contributed by atoms with E-state index in [1.165, 1.54) is 38.5 Å². The van der Waals surface area contributed by atoms with Crippen molar-refractivity contribution in [2.24, 2.45) is 21.6 Å². The van der Waals surface area contributed by atoms with Crippen LogP contribution in [0.4, 0.5) is 30.2 Å². The first kappa shape index (κ1) is 47.8. The fraction of sp³-hybridized carbons (Fsp3) is 0.320. The van der Waals surface area contributed by atoms with Gasteiger partial charge in [-0.1, -0.05) is 38.1 Å². The Kier molecular flexibility index (Phi) is 13.8. The van der Waals surface area contributed by atoms with Gasteiger partial charge >= 0.3 is 6.36 Å². The molecule has 0 spiro atoms. The predicted octanol–water partition coefficient (Wildman–Crippen LogP) is 7.82. The Morgan fingerprint density at radius 1 is 0.725 bits per heavy atom. The Labute approximate surface area is 395 Å². The zero-order valence-corrected chi connectivity index (χ0v) is 38.3. The lowest BCUT2D eigenvalue weighted by atomic mass is 10.0. The van der Waals surface area contributed by atoms with Gasteiger partial charge < -0.3 is 49.9 Å². The molecule has 0 aromatic heterocycles. The molecule has 4 aromatic rings. The quantitative estimate of drug-likeness (QED) is 0.0932. The molecule has 4 amide bonds. The molecule has 0 bridgehead atoms. The first-order chi connectivity index (χ1) is 33.0. The van der Waals surface area contributed by atoms with Crippen LogP contribution in [0.5, 0.6) is 28.7 Å². The Morgan fingerprint density at radius 3 is 1.65 bits per heavy atom. The minimum atomic E-state index is -4.80. The first-order valence-corrected chi connectivity index (χ1v) is 22.2. The number of nitrogens with two attached hydrogens (primary N) is 1. The van der Waals surface area contributed by atoms with Crippen molar-refractivity contribution in [2.45, 2.75) is 70.6 Å². The molecule has 16 nitrogen and oxygen atoms in total. The number of fused-ring (bicyclic) bond motifs is 4. The third-order valence-electron chi connectivity index (χ3n) is 12.0. The predicted molar refractivity (Wildman–Crippen MR) is 252 cm³/mol. The Bertz CT molecular complexity index is 2770. The van der Waals surface area contributed by atoms with Gasteiger partial charge in [0.15, 0.2) is 23.0 Å². The van der Waals surface area contributed by atoms with Crippen LogP contribution < -0.4 is 40.1 Å². The molecular formula is C50H50F3N7O9. The van der Waals surface area contributed by atoms with Crippen LogP contribution in [0, 0.1) is 5.92 Å². The van der Waals surface area contributed by atoms with Gasteiger partial charge in [0.1, 0.15) is 11.8 Å². The van der Waals surface area contributed by atoms with E-state index in [2.05, 4.69) is 25.4 Å². The number of carbonyl (C=O) groups is 4. The minimum absolute atomic E-state index is 0.0725. The smallest absolute Gasteiger partial charge is 0.493 e. The second-order valence-electron chi connectivity index (χ2n) is 17.1. The second-order valence-corrected chi connectivity index (χ2v) is 17.1. The summed E-state index contributed by atoms with van der Waals surface area (Å²) in [4.78, 5) is 65.3. The number of amides is 4. The van der Waals surface area contributed by atoms with Crippen LogP contribution in [-0.4, -0.2) is 104 Å². The molecule has 4 aromatic carbocycles. The van der Waals surface area contributed by atoms with Gasteiger partial charge in [0, 0.05) is 61.9 Å². The van der Waals surface area contributed by atoms with Crippen LogP contribution in [0.25, 0.3) is 11.1 Å². The van der Waals surface area contributed by atoms with E-state index in [0.717, 1.165) is 16.7 Å². The summed E-state index contributed by atoms with van der Waals surface area (Å²) in [5.74, 6) is -0.341. The maximum Gasteiger partial charge on any atom is 0.573 e. The molecule has 0 aliphatic carbocycles. The molecule has 69 heavy (non-hydrogen) atoms. The number of anilines is 1. The van der Waals surface area contributed by atoms with Crippen LogP contribution >= 0.6 is 0 Å². The summed E-state index contributed by atoms with van der Waals surface area (Å²) in [7, 11) is 2.95. The molecule has 4 atom stereocenters. The van der Waals surface area contributed by atoms with Gasteiger partial charge in [0.2, 0.25) is 11.8 Å². The van der Waals surface area contributed by atoms with E-state index >= 15 is 0 Å². The summed E-state index contributed by atoms with van der Waals surface area (Å²) in [5, 5.41) is 5.46. The second kappa shape index (κ2) is 19.9. The van der Waals surface area contributed by atoms with Crippen LogP contribution in [-0.2, 0) is 9.59 Å². The number of benzene rings is 4. The number of hydrogen-bond acceptors (Lipinski definition) is 12. The fourth-order valence-electron chi connectivity index (χ4n) is 8.13. The molecule has 8 rings (SSSR count). The highest BCUT2D eigenvalue weighted by atomic mass is 19.4. The first-order valence-electron chi connectivity index (χ1n) is 22.2. The summed E-state index contributed by atoms with van der Waals surface area (Å²) in [6, 6.07) is 16.9. The summed E-state index contributed by atoms with van der Waals surface area (Å²) in [6.45, 7) is 5.68. The van der Waals surface area contributed by atoms with Crippen LogP contribution in [0.3, 0.4) is 0 Å². The SMILES string of the molecule is COc1cc2c(cc1OCCCOc1cc3c(cc1OC)C(=O)N1C=C(c4ccc(OC(F)(F)F)cc4)C[C@H]1C=N3)N=C[C@@H]1CC(c3ccc(NC(=O)C(C)NC(=O)C(N)C(C)C)cc3)=CN1C2=O. The molecule has 4 aliphatic heterocycles. The Balaban J connectivity index is 0.857. The van der Waals surface area contributed by atoms with Gasteiger partial charge in [-0.15, -0.1) is 13.2 Å².